The number of ether oxygens (including phenoxy) is 1. The summed E-state index contributed by atoms with van der Waals surface area (Å²) < 4.78 is 47.0. The molecule has 3 aliphatic heterocycles. The first kappa shape index (κ1) is 21.5. The van der Waals surface area contributed by atoms with Crippen LogP contribution >= 0.6 is 0 Å². The van der Waals surface area contributed by atoms with Crippen LogP contribution in [-0.4, -0.2) is 69.1 Å². The van der Waals surface area contributed by atoms with Gasteiger partial charge in [-0.2, -0.15) is 18.3 Å². The fraction of sp³-hybridized carbons (Fsp3) is 0.591. The standard InChI is InChI=1S/C22H25F3N8O/c1-13-19-20(33(30-13)15-9-34-10-15)29-18(8-26-19)32-6-4-21(12-32)3-5-31(11-21)17-7-16(22(23,24)25)27-14(2)28-17/h7-8,15H,3-6,9-12H2,1-2H3/t21-/m1/s1. The summed E-state index contributed by atoms with van der Waals surface area (Å²) in [6.45, 7) is 7.61. The topological polar surface area (TPSA) is 85.1 Å². The third kappa shape index (κ3) is 3.55. The second-order valence-corrected chi connectivity index (χ2v) is 9.62. The van der Waals surface area contributed by atoms with E-state index in [1.54, 1.807) is 6.20 Å². The smallest absolute Gasteiger partial charge is 0.377 e. The maximum Gasteiger partial charge on any atom is 0.433 e. The molecule has 0 aliphatic carbocycles. The molecule has 6 heterocycles. The molecule has 12 heteroatoms. The van der Waals surface area contributed by atoms with Crippen LogP contribution < -0.4 is 9.80 Å². The first-order valence-electron chi connectivity index (χ1n) is 11.4. The molecule has 0 unspecified atom stereocenters. The summed E-state index contributed by atoms with van der Waals surface area (Å²) in [4.78, 5) is 21.6. The lowest BCUT2D eigenvalue weighted by Crippen LogP contribution is -2.32. The van der Waals surface area contributed by atoms with Crippen LogP contribution in [0.4, 0.5) is 24.8 Å². The van der Waals surface area contributed by atoms with E-state index >= 15 is 0 Å². The molecule has 0 saturated carbocycles. The zero-order valence-corrected chi connectivity index (χ0v) is 19.0. The van der Waals surface area contributed by atoms with Crippen LogP contribution in [0.5, 0.6) is 0 Å². The van der Waals surface area contributed by atoms with Crippen LogP contribution in [0.15, 0.2) is 12.3 Å². The molecule has 1 atom stereocenters. The van der Waals surface area contributed by atoms with Gasteiger partial charge in [0.1, 0.15) is 34.7 Å². The average molecular weight is 474 g/mol. The van der Waals surface area contributed by atoms with E-state index < -0.39 is 11.9 Å². The van der Waals surface area contributed by atoms with Gasteiger partial charge in [-0.25, -0.2) is 24.6 Å². The highest BCUT2D eigenvalue weighted by atomic mass is 19.4. The second kappa shape index (κ2) is 7.49. The van der Waals surface area contributed by atoms with Gasteiger partial charge in [-0.1, -0.05) is 0 Å². The summed E-state index contributed by atoms with van der Waals surface area (Å²) in [7, 11) is 0. The van der Waals surface area contributed by atoms with E-state index in [1.807, 2.05) is 16.5 Å². The van der Waals surface area contributed by atoms with Crippen molar-refractivity contribution < 1.29 is 17.9 Å². The van der Waals surface area contributed by atoms with Crippen molar-refractivity contribution in [3.05, 3.63) is 29.5 Å². The van der Waals surface area contributed by atoms with Crippen LogP contribution in [0.1, 0.15) is 36.1 Å². The molecule has 180 valence electrons. The molecule has 3 aromatic heterocycles. The summed E-state index contributed by atoms with van der Waals surface area (Å²) in [6, 6.07) is 1.25. The SMILES string of the molecule is Cc1nc(N2CC[C@@]3(CCN(c4cnc5c(C)nn(C6COC6)c5n4)C3)C2)cc(C(F)(F)F)n1. The molecule has 9 nitrogen and oxygen atoms in total. The Morgan fingerprint density at radius 3 is 2.35 bits per heavy atom. The first-order chi connectivity index (χ1) is 16.2. The zero-order chi connectivity index (χ0) is 23.7. The molecular formula is C22H25F3N8O. The normalized spacial score (nSPS) is 23.4. The molecule has 1 spiro atoms. The number of aryl methyl sites for hydroxylation is 2. The van der Waals surface area contributed by atoms with E-state index in [1.165, 1.54) is 6.92 Å². The van der Waals surface area contributed by atoms with E-state index in [4.69, 9.17) is 9.72 Å². The van der Waals surface area contributed by atoms with E-state index in [-0.39, 0.29) is 17.3 Å². The highest BCUT2D eigenvalue weighted by molar-refractivity contribution is 5.75. The monoisotopic (exact) mass is 474 g/mol. The molecule has 0 bridgehead atoms. The number of alkyl halides is 3. The van der Waals surface area contributed by atoms with Crippen molar-refractivity contribution in [3.63, 3.8) is 0 Å². The van der Waals surface area contributed by atoms with E-state index in [2.05, 4.69) is 25.0 Å². The van der Waals surface area contributed by atoms with Gasteiger partial charge in [0.05, 0.1) is 25.1 Å². The Hall–Kier alpha value is -3.02. The maximum absolute atomic E-state index is 13.2. The molecular weight excluding hydrogens is 449 g/mol. The Balaban J connectivity index is 1.22. The summed E-state index contributed by atoms with van der Waals surface area (Å²) in [6.07, 6.45) is -0.861. The van der Waals surface area contributed by atoms with Gasteiger partial charge in [-0.05, 0) is 26.7 Å². The van der Waals surface area contributed by atoms with Gasteiger partial charge < -0.3 is 14.5 Å². The quantitative estimate of drug-likeness (QED) is 0.573. The minimum Gasteiger partial charge on any atom is -0.377 e. The number of rotatable bonds is 3. The van der Waals surface area contributed by atoms with Crippen molar-refractivity contribution >= 4 is 22.8 Å². The zero-order valence-electron chi connectivity index (χ0n) is 19.0. The minimum atomic E-state index is -4.49. The lowest BCUT2D eigenvalue weighted by atomic mass is 9.86. The fourth-order valence-corrected chi connectivity index (χ4v) is 5.27. The van der Waals surface area contributed by atoms with Gasteiger partial charge in [-0.3, -0.25) is 0 Å². The predicted octanol–water partition coefficient (Wildman–Crippen LogP) is 2.93. The highest BCUT2D eigenvalue weighted by Gasteiger charge is 2.45. The van der Waals surface area contributed by atoms with Gasteiger partial charge in [0.15, 0.2) is 5.65 Å². The van der Waals surface area contributed by atoms with Crippen molar-refractivity contribution in [1.29, 1.82) is 0 Å². The molecule has 3 saturated heterocycles. The average Bonchev–Trinajstić information content (AvgIpc) is 3.45. The number of halogens is 3. The first-order valence-corrected chi connectivity index (χ1v) is 11.4. The lowest BCUT2D eigenvalue weighted by molar-refractivity contribution is -0.141. The highest BCUT2D eigenvalue weighted by Crippen LogP contribution is 2.42. The third-order valence-corrected chi connectivity index (χ3v) is 7.16. The number of aromatic nitrogens is 6. The number of anilines is 2. The van der Waals surface area contributed by atoms with Crippen LogP contribution in [-0.2, 0) is 10.9 Å². The maximum atomic E-state index is 13.2. The summed E-state index contributed by atoms with van der Waals surface area (Å²) >= 11 is 0. The minimum absolute atomic E-state index is 0.0220. The fourth-order valence-electron chi connectivity index (χ4n) is 5.27. The Morgan fingerprint density at radius 2 is 1.71 bits per heavy atom. The second-order valence-electron chi connectivity index (χ2n) is 9.62. The van der Waals surface area contributed by atoms with Gasteiger partial charge >= 0.3 is 6.18 Å². The van der Waals surface area contributed by atoms with Crippen molar-refractivity contribution in [2.45, 2.75) is 38.9 Å². The number of nitrogens with zero attached hydrogens (tertiary/aromatic N) is 8. The Kier molecular flexibility index (Phi) is 4.74. The van der Waals surface area contributed by atoms with Crippen molar-refractivity contribution in [3.8, 4) is 0 Å². The predicted molar refractivity (Wildman–Crippen MR) is 118 cm³/mol. The van der Waals surface area contributed by atoms with Crippen LogP contribution in [0.25, 0.3) is 11.2 Å². The molecule has 3 fully saturated rings. The van der Waals surface area contributed by atoms with Crippen LogP contribution in [0.3, 0.4) is 0 Å². The summed E-state index contributed by atoms with van der Waals surface area (Å²) in [5.41, 5.74) is 1.51. The van der Waals surface area contributed by atoms with E-state index in [0.717, 1.165) is 54.7 Å². The number of fused-ring (bicyclic) bond motifs is 1. The molecule has 3 aromatic rings. The molecule has 34 heavy (non-hydrogen) atoms. The Bertz CT molecular complexity index is 1260. The molecule has 0 amide bonds. The van der Waals surface area contributed by atoms with Gasteiger partial charge in [0.2, 0.25) is 0 Å². The Morgan fingerprint density at radius 1 is 1.00 bits per heavy atom. The van der Waals surface area contributed by atoms with Crippen LogP contribution in [0.2, 0.25) is 0 Å². The van der Waals surface area contributed by atoms with E-state index in [0.29, 0.717) is 32.1 Å². The lowest BCUT2D eigenvalue weighted by Gasteiger charge is -2.27. The van der Waals surface area contributed by atoms with Gasteiger partial charge in [0.25, 0.3) is 0 Å². The Labute approximate surface area is 194 Å². The van der Waals surface area contributed by atoms with Crippen LogP contribution in [0, 0.1) is 19.3 Å². The number of hydrogen-bond donors (Lipinski definition) is 0. The molecule has 0 aromatic carbocycles. The largest absolute Gasteiger partial charge is 0.433 e. The van der Waals surface area contributed by atoms with Gasteiger partial charge in [-0.15, -0.1) is 0 Å². The molecule has 0 N–H and O–H groups in total. The van der Waals surface area contributed by atoms with Crippen molar-refractivity contribution in [2.24, 2.45) is 5.41 Å². The third-order valence-electron chi connectivity index (χ3n) is 7.16. The molecule has 6 rings (SSSR count). The summed E-state index contributed by atoms with van der Waals surface area (Å²) in [5, 5.41) is 4.62. The number of hydrogen-bond acceptors (Lipinski definition) is 8. The van der Waals surface area contributed by atoms with Crippen molar-refractivity contribution in [2.75, 3.05) is 49.2 Å². The van der Waals surface area contributed by atoms with E-state index in [9.17, 15) is 13.2 Å². The van der Waals surface area contributed by atoms with Gasteiger partial charge in [0, 0.05) is 37.7 Å². The summed E-state index contributed by atoms with van der Waals surface area (Å²) in [5.74, 6) is 1.28. The molecule has 3 aliphatic rings. The van der Waals surface area contributed by atoms with Crippen molar-refractivity contribution in [1.82, 2.24) is 29.7 Å². The molecule has 0 radical (unpaired) electrons.